The first-order valence-corrected chi connectivity index (χ1v) is 7.71. The van der Waals surface area contributed by atoms with Crippen molar-refractivity contribution < 1.29 is 4.79 Å². The summed E-state index contributed by atoms with van der Waals surface area (Å²) < 4.78 is 0. The molecule has 0 radical (unpaired) electrons. The molecule has 3 heteroatoms. The van der Waals surface area contributed by atoms with Crippen molar-refractivity contribution in [3.05, 3.63) is 0 Å². The van der Waals surface area contributed by atoms with Crippen LogP contribution in [0.5, 0.6) is 0 Å². The molecule has 1 saturated heterocycles. The van der Waals surface area contributed by atoms with Crippen LogP contribution in [0.3, 0.4) is 0 Å². The van der Waals surface area contributed by atoms with Gasteiger partial charge in [-0.05, 0) is 62.9 Å². The minimum absolute atomic E-state index is 0.264. The predicted molar refractivity (Wildman–Crippen MR) is 74.4 cm³/mol. The number of hydrogen-bond donors (Lipinski definition) is 2. The zero-order valence-electron chi connectivity index (χ0n) is 11.8. The molecule has 2 rings (SSSR count). The third-order valence-corrected chi connectivity index (χ3v) is 5.00. The van der Waals surface area contributed by atoms with E-state index in [0.717, 1.165) is 26.1 Å². The van der Waals surface area contributed by atoms with Gasteiger partial charge in [-0.2, -0.15) is 0 Å². The second-order valence-electron chi connectivity index (χ2n) is 6.23. The van der Waals surface area contributed by atoms with Crippen LogP contribution >= 0.6 is 0 Å². The van der Waals surface area contributed by atoms with Crippen LogP contribution in [-0.2, 0) is 4.79 Å². The van der Waals surface area contributed by atoms with E-state index in [2.05, 4.69) is 17.6 Å². The van der Waals surface area contributed by atoms with Gasteiger partial charge in [0.2, 0.25) is 5.91 Å². The Morgan fingerprint density at radius 2 is 2.22 bits per heavy atom. The van der Waals surface area contributed by atoms with Crippen LogP contribution in [0.2, 0.25) is 0 Å². The first-order valence-electron chi connectivity index (χ1n) is 7.71. The molecule has 1 aliphatic carbocycles. The van der Waals surface area contributed by atoms with Crippen LogP contribution < -0.4 is 10.6 Å². The standard InChI is InChI=1S/C15H28N2O/c1-2-15(8-4-9-15)12-17-14(18)7-6-13-5-3-10-16-11-13/h13,16H,2-12H2,1H3,(H,17,18). The summed E-state index contributed by atoms with van der Waals surface area (Å²) in [6.07, 6.45) is 9.48. The van der Waals surface area contributed by atoms with Gasteiger partial charge in [0.05, 0.1) is 0 Å². The van der Waals surface area contributed by atoms with E-state index >= 15 is 0 Å². The number of carbonyl (C=O) groups excluding carboxylic acids is 1. The molecule has 3 nitrogen and oxygen atoms in total. The summed E-state index contributed by atoms with van der Waals surface area (Å²) in [5, 5.41) is 6.57. The van der Waals surface area contributed by atoms with E-state index in [1.165, 1.54) is 38.5 Å². The fourth-order valence-electron chi connectivity index (χ4n) is 3.21. The molecule has 1 heterocycles. The first-order chi connectivity index (χ1) is 8.74. The molecule has 0 bridgehead atoms. The summed E-state index contributed by atoms with van der Waals surface area (Å²) >= 11 is 0. The van der Waals surface area contributed by atoms with Gasteiger partial charge in [-0.25, -0.2) is 0 Å². The highest BCUT2D eigenvalue weighted by atomic mass is 16.1. The van der Waals surface area contributed by atoms with Crippen LogP contribution in [-0.4, -0.2) is 25.5 Å². The summed E-state index contributed by atoms with van der Waals surface area (Å²) in [6.45, 7) is 5.41. The molecule has 18 heavy (non-hydrogen) atoms. The first kappa shape index (κ1) is 13.9. The molecule has 1 saturated carbocycles. The number of rotatable bonds is 6. The highest BCUT2D eigenvalue weighted by Crippen LogP contribution is 2.43. The van der Waals surface area contributed by atoms with Crippen molar-refractivity contribution in [2.75, 3.05) is 19.6 Å². The zero-order valence-corrected chi connectivity index (χ0v) is 11.8. The Labute approximate surface area is 111 Å². The highest BCUT2D eigenvalue weighted by Gasteiger charge is 2.35. The Bertz CT molecular complexity index is 262. The van der Waals surface area contributed by atoms with E-state index in [9.17, 15) is 4.79 Å². The van der Waals surface area contributed by atoms with E-state index in [1.807, 2.05) is 0 Å². The molecule has 1 amide bonds. The van der Waals surface area contributed by atoms with Gasteiger partial charge in [-0.3, -0.25) is 4.79 Å². The van der Waals surface area contributed by atoms with E-state index in [4.69, 9.17) is 0 Å². The molecule has 2 aliphatic rings. The highest BCUT2D eigenvalue weighted by molar-refractivity contribution is 5.75. The van der Waals surface area contributed by atoms with Crippen LogP contribution in [0.25, 0.3) is 0 Å². The molecule has 1 aliphatic heterocycles. The van der Waals surface area contributed by atoms with Gasteiger partial charge >= 0.3 is 0 Å². The van der Waals surface area contributed by atoms with Crippen molar-refractivity contribution in [2.45, 2.75) is 58.3 Å². The summed E-state index contributed by atoms with van der Waals surface area (Å²) in [5.74, 6) is 0.980. The molecule has 2 fully saturated rings. The lowest BCUT2D eigenvalue weighted by molar-refractivity contribution is -0.122. The van der Waals surface area contributed by atoms with Gasteiger partial charge in [-0.15, -0.1) is 0 Å². The third-order valence-electron chi connectivity index (χ3n) is 5.00. The summed E-state index contributed by atoms with van der Waals surface area (Å²) in [7, 11) is 0. The normalized spacial score (nSPS) is 26.4. The Kier molecular flexibility index (Phi) is 5.04. The average molecular weight is 252 g/mol. The second kappa shape index (κ2) is 6.55. The molecule has 0 aromatic carbocycles. The van der Waals surface area contributed by atoms with Crippen LogP contribution in [0.1, 0.15) is 58.3 Å². The number of carbonyl (C=O) groups is 1. The lowest BCUT2D eigenvalue weighted by atomic mass is 9.67. The minimum atomic E-state index is 0.264. The van der Waals surface area contributed by atoms with Gasteiger partial charge in [0.1, 0.15) is 0 Å². The van der Waals surface area contributed by atoms with E-state index in [1.54, 1.807) is 0 Å². The molecule has 0 aromatic rings. The third kappa shape index (κ3) is 3.71. The van der Waals surface area contributed by atoms with Gasteiger partial charge in [0.15, 0.2) is 0 Å². The topological polar surface area (TPSA) is 41.1 Å². The fraction of sp³-hybridized carbons (Fsp3) is 0.933. The van der Waals surface area contributed by atoms with Crippen molar-refractivity contribution >= 4 is 5.91 Å². The largest absolute Gasteiger partial charge is 0.356 e. The van der Waals surface area contributed by atoms with Gasteiger partial charge in [0.25, 0.3) is 0 Å². The molecule has 0 spiro atoms. The Morgan fingerprint density at radius 1 is 1.39 bits per heavy atom. The molecule has 1 unspecified atom stereocenters. The van der Waals surface area contributed by atoms with Gasteiger partial charge < -0.3 is 10.6 Å². The molecule has 104 valence electrons. The van der Waals surface area contributed by atoms with Crippen LogP contribution in [0, 0.1) is 11.3 Å². The van der Waals surface area contributed by atoms with Crippen molar-refractivity contribution in [1.29, 1.82) is 0 Å². The Morgan fingerprint density at radius 3 is 2.78 bits per heavy atom. The van der Waals surface area contributed by atoms with Crippen molar-refractivity contribution in [3.63, 3.8) is 0 Å². The second-order valence-corrected chi connectivity index (χ2v) is 6.23. The summed E-state index contributed by atoms with van der Waals surface area (Å²) in [4.78, 5) is 11.9. The lowest BCUT2D eigenvalue weighted by Crippen LogP contribution is -2.41. The lowest BCUT2D eigenvalue weighted by Gasteiger charge is -2.41. The average Bonchev–Trinajstić information content (AvgIpc) is 2.37. The molecular weight excluding hydrogens is 224 g/mol. The monoisotopic (exact) mass is 252 g/mol. The zero-order chi connectivity index (χ0) is 12.8. The molecular formula is C15H28N2O. The summed E-state index contributed by atoms with van der Waals surface area (Å²) in [5.41, 5.74) is 0.446. The number of amides is 1. The van der Waals surface area contributed by atoms with Crippen LogP contribution in [0.4, 0.5) is 0 Å². The molecule has 0 aromatic heterocycles. The fourth-order valence-corrected chi connectivity index (χ4v) is 3.21. The quantitative estimate of drug-likeness (QED) is 0.762. The number of hydrogen-bond acceptors (Lipinski definition) is 2. The van der Waals surface area contributed by atoms with Crippen molar-refractivity contribution in [2.24, 2.45) is 11.3 Å². The van der Waals surface area contributed by atoms with Crippen molar-refractivity contribution in [1.82, 2.24) is 10.6 Å². The molecule has 1 atom stereocenters. The van der Waals surface area contributed by atoms with E-state index < -0.39 is 0 Å². The Balaban J connectivity index is 1.59. The van der Waals surface area contributed by atoms with Crippen LogP contribution in [0.15, 0.2) is 0 Å². The van der Waals surface area contributed by atoms with E-state index in [-0.39, 0.29) is 5.91 Å². The minimum Gasteiger partial charge on any atom is -0.356 e. The molecule has 2 N–H and O–H groups in total. The predicted octanol–water partition coefficient (Wildman–Crippen LogP) is 2.46. The maximum Gasteiger partial charge on any atom is 0.220 e. The maximum absolute atomic E-state index is 11.9. The van der Waals surface area contributed by atoms with E-state index in [0.29, 0.717) is 17.8 Å². The smallest absolute Gasteiger partial charge is 0.220 e. The van der Waals surface area contributed by atoms with Gasteiger partial charge in [0, 0.05) is 13.0 Å². The van der Waals surface area contributed by atoms with Gasteiger partial charge in [-0.1, -0.05) is 13.3 Å². The number of nitrogens with one attached hydrogen (secondary N) is 2. The maximum atomic E-state index is 11.9. The number of piperidine rings is 1. The SMILES string of the molecule is CCC1(CNC(=O)CCC2CCCNC2)CCC1. The van der Waals surface area contributed by atoms with Crippen molar-refractivity contribution in [3.8, 4) is 0 Å². The summed E-state index contributed by atoms with van der Waals surface area (Å²) in [6, 6.07) is 0. The Hall–Kier alpha value is -0.570.